The molecule has 1 fully saturated rings. The molecule has 2 heterocycles. The summed E-state index contributed by atoms with van der Waals surface area (Å²) < 4.78 is 5.24. The molecule has 0 amide bonds. The standard InChI is InChI=1S/C12H20N2O2/c1-10-8-12(16-13-10)9-14-6-3-2-4-11(14)5-7-15/h8,11,15H,2-7,9H2,1H3. The van der Waals surface area contributed by atoms with E-state index in [1.54, 1.807) is 0 Å². The molecule has 1 unspecified atom stereocenters. The fourth-order valence-electron chi connectivity index (χ4n) is 2.44. The molecule has 4 nitrogen and oxygen atoms in total. The smallest absolute Gasteiger partial charge is 0.150 e. The van der Waals surface area contributed by atoms with Crippen LogP contribution in [0.3, 0.4) is 0 Å². The van der Waals surface area contributed by atoms with Crippen molar-refractivity contribution in [3.05, 3.63) is 17.5 Å². The lowest BCUT2D eigenvalue weighted by atomic mass is 9.99. The topological polar surface area (TPSA) is 49.5 Å². The van der Waals surface area contributed by atoms with E-state index in [1.807, 2.05) is 13.0 Å². The molecule has 0 spiro atoms. The molecule has 0 aromatic carbocycles. The number of aliphatic hydroxyl groups excluding tert-OH is 1. The number of hydrogen-bond acceptors (Lipinski definition) is 4. The van der Waals surface area contributed by atoms with Gasteiger partial charge in [-0.3, -0.25) is 4.90 Å². The average molecular weight is 224 g/mol. The van der Waals surface area contributed by atoms with E-state index < -0.39 is 0 Å². The van der Waals surface area contributed by atoms with Gasteiger partial charge >= 0.3 is 0 Å². The molecule has 1 saturated heterocycles. The maximum atomic E-state index is 9.04. The predicted octanol–water partition coefficient (Wildman–Crippen LogP) is 1.72. The highest BCUT2D eigenvalue weighted by molar-refractivity contribution is 5.03. The molecule has 16 heavy (non-hydrogen) atoms. The first-order chi connectivity index (χ1) is 7.79. The zero-order chi connectivity index (χ0) is 11.4. The van der Waals surface area contributed by atoms with Crippen LogP contribution in [0.15, 0.2) is 10.6 Å². The molecule has 1 atom stereocenters. The number of likely N-dealkylation sites (tertiary alicyclic amines) is 1. The second kappa shape index (κ2) is 5.46. The van der Waals surface area contributed by atoms with Gasteiger partial charge in [-0.25, -0.2) is 0 Å². The summed E-state index contributed by atoms with van der Waals surface area (Å²) in [5.41, 5.74) is 0.936. The van der Waals surface area contributed by atoms with Gasteiger partial charge in [0.15, 0.2) is 5.76 Å². The van der Waals surface area contributed by atoms with Crippen LogP contribution in [-0.2, 0) is 6.54 Å². The molecule has 0 saturated carbocycles. The molecule has 0 radical (unpaired) electrons. The van der Waals surface area contributed by atoms with Crippen LogP contribution in [0, 0.1) is 6.92 Å². The van der Waals surface area contributed by atoms with Crippen LogP contribution >= 0.6 is 0 Å². The van der Waals surface area contributed by atoms with Crippen molar-refractivity contribution in [2.24, 2.45) is 0 Å². The minimum atomic E-state index is 0.274. The van der Waals surface area contributed by atoms with Gasteiger partial charge in [-0.2, -0.15) is 0 Å². The van der Waals surface area contributed by atoms with Gasteiger partial charge in [-0.05, 0) is 32.7 Å². The van der Waals surface area contributed by atoms with E-state index in [2.05, 4.69) is 10.1 Å². The fraction of sp³-hybridized carbons (Fsp3) is 0.750. The van der Waals surface area contributed by atoms with E-state index in [9.17, 15) is 0 Å². The van der Waals surface area contributed by atoms with Crippen LogP contribution in [0.5, 0.6) is 0 Å². The largest absolute Gasteiger partial charge is 0.396 e. The third kappa shape index (κ3) is 2.83. The Balaban J connectivity index is 1.95. The summed E-state index contributed by atoms with van der Waals surface area (Å²) in [5.74, 6) is 0.933. The second-order valence-corrected chi connectivity index (χ2v) is 4.57. The Morgan fingerprint density at radius 3 is 3.12 bits per heavy atom. The van der Waals surface area contributed by atoms with Gasteiger partial charge in [0.05, 0.1) is 12.2 Å². The lowest BCUT2D eigenvalue weighted by Gasteiger charge is -2.34. The van der Waals surface area contributed by atoms with Gasteiger partial charge in [0.2, 0.25) is 0 Å². The minimum Gasteiger partial charge on any atom is -0.396 e. The summed E-state index contributed by atoms with van der Waals surface area (Å²) in [7, 11) is 0. The van der Waals surface area contributed by atoms with Crippen LogP contribution in [0.25, 0.3) is 0 Å². The van der Waals surface area contributed by atoms with Crippen molar-refractivity contribution in [1.29, 1.82) is 0 Å². The molecule has 2 rings (SSSR count). The van der Waals surface area contributed by atoms with E-state index in [0.717, 1.165) is 31.0 Å². The van der Waals surface area contributed by atoms with Crippen molar-refractivity contribution in [2.75, 3.05) is 13.2 Å². The normalized spacial score (nSPS) is 22.5. The molecule has 90 valence electrons. The summed E-state index contributed by atoms with van der Waals surface area (Å²) in [4.78, 5) is 2.40. The summed E-state index contributed by atoms with van der Waals surface area (Å²) in [6.07, 6.45) is 4.58. The van der Waals surface area contributed by atoms with Crippen LogP contribution in [0.1, 0.15) is 37.1 Å². The van der Waals surface area contributed by atoms with E-state index in [4.69, 9.17) is 9.63 Å². The Labute approximate surface area is 96.2 Å². The average Bonchev–Trinajstić information content (AvgIpc) is 2.67. The third-order valence-corrected chi connectivity index (χ3v) is 3.25. The van der Waals surface area contributed by atoms with Crippen molar-refractivity contribution in [3.8, 4) is 0 Å². The maximum Gasteiger partial charge on any atom is 0.150 e. The molecule has 1 aromatic heterocycles. The highest BCUT2D eigenvalue weighted by Gasteiger charge is 2.22. The third-order valence-electron chi connectivity index (χ3n) is 3.25. The Morgan fingerprint density at radius 1 is 1.56 bits per heavy atom. The van der Waals surface area contributed by atoms with Crippen LogP contribution < -0.4 is 0 Å². The maximum absolute atomic E-state index is 9.04. The Hall–Kier alpha value is -0.870. The van der Waals surface area contributed by atoms with Crippen molar-refractivity contribution in [2.45, 2.75) is 45.2 Å². The Bertz CT molecular complexity index is 323. The molecular weight excluding hydrogens is 204 g/mol. The lowest BCUT2D eigenvalue weighted by molar-refractivity contribution is 0.102. The zero-order valence-corrected chi connectivity index (χ0v) is 9.85. The van der Waals surface area contributed by atoms with Crippen molar-refractivity contribution < 1.29 is 9.63 Å². The molecule has 1 aliphatic heterocycles. The van der Waals surface area contributed by atoms with E-state index in [1.165, 1.54) is 19.3 Å². The highest BCUT2D eigenvalue weighted by Crippen LogP contribution is 2.21. The van der Waals surface area contributed by atoms with Crippen LogP contribution in [0.2, 0.25) is 0 Å². The minimum absolute atomic E-state index is 0.274. The fourth-order valence-corrected chi connectivity index (χ4v) is 2.44. The second-order valence-electron chi connectivity index (χ2n) is 4.57. The van der Waals surface area contributed by atoms with Gasteiger partial charge in [0, 0.05) is 18.7 Å². The molecule has 4 heteroatoms. The number of aryl methyl sites for hydroxylation is 1. The highest BCUT2D eigenvalue weighted by atomic mass is 16.5. The van der Waals surface area contributed by atoms with Gasteiger partial charge in [0.25, 0.3) is 0 Å². The Morgan fingerprint density at radius 2 is 2.44 bits per heavy atom. The van der Waals surface area contributed by atoms with Crippen molar-refractivity contribution >= 4 is 0 Å². The number of nitrogens with zero attached hydrogens (tertiary/aromatic N) is 2. The summed E-state index contributed by atoms with van der Waals surface area (Å²) in [6.45, 7) is 4.14. The quantitative estimate of drug-likeness (QED) is 0.846. The number of piperidine rings is 1. The Kier molecular flexibility index (Phi) is 3.96. The monoisotopic (exact) mass is 224 g/mol. The molecule has 0 bridgehead atoms. The molecule has 1 aromatic rings. The number of rotatable bonds is 4. The molecule has 1 N–H and O–H groups in total. The van der Waals surface area contributed by atoms with E-state index >= 15 is 0 Å². The lowest BCUT2D eigenvalue weighted by Crippen LogP contribution is -2.39. The van der Waals surface area contributed by atoms with Gasteiger partial charge < -0.3 is 9.63 Å². The van der Waals surface area contributed by atoms with E-state index in [-0.39, 0.29) is 6.61 Å². The van der Waals surface area contributed by atoms with Gasteiger partial charge in [-0.1, -0.05) is 11.6 Å². The summed E-state index contributed by atoms with van der Waals surface area (Å²) in [5, 5.41) is 12.9. The number of hydrogen-bond donors (Lipinski definition) is 1. The molecule has 1 aliphatic rings. The number of aromatic nitrogens is 1. The first-order valence-corrected chi connectivity index (χ1v) is 6.06. The van der Waals surface area contributed by atoms with Crippen LogP contribution in [-0.4, -0.2) is 34.4 Å². The number of aliphatic hydroxyl groups is 1. The van der Waals surface area contributed by atoms with Crippen molar-refractivity contribution in [1.82, 2.24) is 10.1 Å². The van der Waals surface area contributed by atoms with E-state index in [0.29, 0.717) is 6.04 Å². The van der Waals surface area contributed by atoms with Gasteiger partial charge in [0.1, 0.15) is 0 Å². The van der Waals surface area contributed by atoms with Crippen molar-refractivity contribution in [3.63, 3.8) is 0 Å². The SMILES string of the molecule is Cc1cc(CN2CCCCC2CCO)on1. The first kappa shape index (κ1) is 11.6. The summed E-state index contributed by atoms with van der Waals surface area (Å²) >= 11 is 0. The molecular formula is C12H20N2O2. The summed E-state index contributed by atoms with van der Waals surface area (Å²) in [6, 6.07) is 2.49. The zero-order valence-electron chi connectivity index (χ0n) is 9.85. The van der Waals surface area contributed by atoms with Gasteiger partial charge in [-0.15, -0.1) is 0 Å². The molecule has 0 aliphatic carbocycles. The van der Waals surface area contributed by atoms with Crippen LogP contribution in [0.4, 0.5) is 0 Å². The predicted molar refractivity (Wildman–Crippen MR) is 61.0 cm³/mol. The first-order valence-electron chi connectivity index (χ1n) is 6.06.